The van der Waals surface area contributed by atoms with Crippen LogP contribution in [0.4, 0.5) is 9.18 Å². The summed E-state index contributed by atoms with van der Waals surface area (Å²) >= 11 is 0. The number of sulfone groups is 1. The Morgan fingerprint density at radius 2 is 2.16 bits per heavy atom. The minimum absolute atomic E-state index is 0.0192. The van der Waals surface area contributed by atoms with Gasteiger partial charge >= 0.3 is 6.03 Å². The molecule has 0 radical (unpaired) electrons. The first-order valence-corrected chi connectivity index (χ1v) is 11.3. The molecule has 166 valence electrons. The van der Waals surface area contributed by atoms with E-state index < -0.39 is 38.1 Å². The van der Waals surface area contributed by atoms with Crippen molar-refractivity contribution < 1.29 is 32.7 Å². The lowest BCUT2D eigenvalue weighted by Gasteiger charge is -2.27. The summed E-state index contributed by atoms with van der Waals surface area (Å²) in [5.74, 6) is 8.57. The molecule has 3 atom stereocenters. The van der Waals surface area contributed by atoms with E-state index in [4.69, 9.17) is 10.3 Å². The molecule has 1 aromatic heterocycles. The summed E-state index contributed by atoms with van der Waals surface area (Å²) < 4.78 is 37.4. The molecule has 0 aromatic carbocycles. The zero-order valence-electron chi connectivity index (χ0n) is 17.0. The lowest BCUT2D eigenvalue weighted by molar-refractivity contribution is -0.131. The van der Waals surface area contributed by atoms with Crippen LogP contribution >= 0.6 is 0 Å². The average molecular weight is 451 g/mol. The highest BCUT2D eigenvalue weighted by Crippen LogP contribution is 2.46. The number of carbonyl (C=O) groups excluding carboxylic acids is 2. The molecule has 9 nitrogen and oxygen atoms in total. The van der Waals surface area contributed by atoms with Gasteiger partial charge in [0, 0.05) is 42.6 Å². The molecule has 3 rings (SSSR count). The van der Waals surface area contributed by atoms with Crippen LogP contribution in [0.2, 0.25) is 0 Å². The summed E-state index contributed by atoms with van der Waals surface area (Å²) in [7, 11) is -3.86. The molecule has 2 amide bonds. The number of nitrogens with one attached hydrogen (secondary N) is 1. The summed E-state index contributed by atoms with van der Waals surface area (Å²) in [5, 5.41) is 17.8. The average Bonchev–Trinajstić information content (AvgIpc) is 3.05. The first-order valence-electron chi connectivity index (χ1n) is 9.43. The van der Waals surface area contributed by atoms with E-state index in [1.807, 2.05) is 0 Å². The molecule has 2 heterocycles. The first kappa shape index (κ1) is 22.8. The number of fused-ring (bicyclic) bond motifs is 1. The predicted octanol–water partition coefficient (Wildman–Crippen LogP) is 0.0460. The van der Waals surface area contributed by atoms with Crippen LogP contribution in [0.3, 0.4) is 0 Å². The van der Waals surface area contributed by atoms with Crippen LogP contribution in [0, 0.1) is 29.6 Å². The van der Waals surface area contributed by atoms with Gasteiger partial charge in [0.15, 0.2) is 20.3 Å². The molecule has 0 bridgehead atoms. The molecule has 3 N–H and O–H groups in total. The molecule has 1 aliphatic heterocycles. The largest absolute Gasteiger partial charge is 0.396 e. The molecule has 11 heteroatoms. The fraction of sp³-hybridized carbons (Fsp3) is 0.500. The zero-order chi connectivity index (χ0) is 23.0. The number of amides is 2. The normalized spacial score (nSPS) is 23.7. The van der Waals surface area contributed by atoms with Gasteiger partial charge in [-0.1, -0.05) is 5.92 Å². The Balaban J connectivity index is 1.65. The lowest BCUT2D eigenvalue weighted by Crippen LogP contribution is -2.50. The van der Waals surface area contributed by atoms with Crippen LogP contribution in [-0.4, -0.2) is 70.0 Å². The number of hydrogen-bond donors (Lipinski definition) is 3. The van der Waals surface area contributed by atoms with Crippen LogP contribution in [0.15, 0.2) is 12.3 Å². The van der Waals surface area contributed by atoms with Crippen molar-refractivity contribution in [2.45, 2.75) is 36.7 Å². The number of carbonyl (C=O) groups is 2. The van der Waals surface area contributed by atoms with Crippen molar-refractivity contribution in [1.29, 1.82) is 0 Å². The number of halogens is 1. The second-order valence-corrected chi connectivity index (χ2v) is 10.4. The van der Waals surface area contributed by atoms with Crippen molar-refractivity contribution >= 4 is 21.8 Å². The molecular weight excluding hydrogens is 429 g/mol. The predicted molar refractivity (Wildman–Crippen MR) is 107 cm³/mol. The highest BCUT2D eigenvalue weighted by atomic mass is 32.2. The summed E-state index contributed by atoms with van der Waals surface area (Å²) in [4.78, 5) is 25.9. The van der Waals surface area contributed by atoms with Crippen molar-refractivity contribution in [3.05, 3.63) is 23.5 Å². The van der Waals surface area contributed by atoms with E-state index in [1.54, 1.807) is 6.07 Å². The van der Waals surface area contributed by atoms with Gasteiger partial charge in [-0.2, -0.15) is 0 Å². The number of hydrogen-bond acceptors (Lipinski definition) is 6. The van der Waals surface area contributed by atoms with Gasteiger partial charge in [-0.3, -0.25) is 14.6 Å². The third-order valence-corrected chi connectivity index (χ3v) is 7.80. The second kappa shape index (κ2) is 8.00. The standard InChI is InChI=1S/C20H22FN3O6S/c1-19(17(26)22-28,31(2,29)30)7-8-23-12-16-9-14(11-24(16)18(23)27)5-3-4-6-20(21)10-15(20)13-25/h9,11,15,25,28H,7-8,10,12-13H2,1-2H3,(H,22,26)/t15-,19+,20-/m0/s1. The van der Waals surface area contributed by atoms with E-state index in [1.165, 1.54) is 28.1 Å². The Morgan fingerprint density at radius 3 is 2.71 bits per heavy atom. The first-order chi connectivity index (χ1) is 14.4. The quantitative estimate of drug-likeness (QED) is 0.318. The fourth-order valence-electron chi connectivity index (χ4n) is 3.30. The summed E-state index contributed by atoms with van der Waals surface area (Å²) in [6.07, 6.45) is 2.39. The van der Waals surface area contributed by atoms with E-state index in [2.05, 4.69) is 23.7 Å². The van der Waals surface area contributed by atoms with Gasteiger partial charge in [-0.05, 0) is 37.2 Å². The van der Waals surface area contributed by atoms with Gasteiger partial charge < -0.3 is 10.0 Å². The molecule has 0 saturated heterocycles. The van der Waals surface area contributed by atoms with E-state index in [9.17, 15) is 22.4 Å². The minimum Gasteiger partial charge on any atom is -0.396 e. The number of nitrogens with zero attached hydrogens (tertiary/aromatic N) is 2. The molecular formula is C20H22FN3O6S. The van der Waals surface area contributed by atoms with Crippen LogP contribution < -0.4 is 5.48 Å². The number of rotatable bonds is 6. The zero-order valence-corrected chi connectivity index (χ0v) is 17.8. The Kier molecular flexibility index (Phi) is 5.89. The number of aliphatic hydroxyl groups is 1. The molecule has 1 aliphatic carbocycles. The number of aromatic nitrogens is 1. The van der Waals surface area contributed by atoms with Crippen molar-refractivity contribution in [3.8, 4) is 23.7 Å². The van der Waals surface area contributed by atoms with Gasteiger partial charge in [0.1, 0.15) is 0 Å². The SMILES string of the molecule is C[C@@](CCN1Cc2cc(C#CC#C[C@]3(F)C[C@H]3CO)cn2C1=O)(C(=O)NO)S(C)(=O)=O. The number of hydroxylamine groups is 1. The van der Waals surface area contributed by atoms with E-state index in [-0.39, 0.29) is 32.5 Å². The van der Waals surface area contributed by atoms with Crippen molar-refractivity contribution in [2.75, 3.05) is 19.4 Å². The molecule has 0 unspecified atom stereocenters. The van der Waals surface area contributed by atoms with Crippen molar-refractivity contribution in [2.24, 2.45) is 5.92 Å². The third kappa shape index (κ3) is 4.30. The van der Waals surface area contributed by atoms with Crippen LogP contribution in [0.25, 0.3) is 0 Å². The molecule has 31 heavy (non-hydrogen) atoms. The monoisotopic (exact) mass is 451 g/mol. The van der Waals surface area contributed by atoms with Gasteiger partial charge in [0.2, 0.25) is 0 Å². The molecule has 2 aliphatic rings. The maximum atomic E-state index is 13.9. The smallest absolute Gasteiger partial charge is 0.328 e. The topological polar surface area (TPSA) is 129 Å². The van der Waals surface area contributed by atoms with E-state index in [0.717, 1.165) is 6.26 Å². The number of alkyl halides is 1. The van der Waals surface area contributed by atoms with Gasteiger partial charge in [0.05, 0.1) is 13.2 Å². The molecule has 1 aromatic rings. The fourth-order valence-corrected chi connectivity index (χ4v) is 4.15. The van der Waals surface area contributed by atoms with Crippen molar-refractivity contribution in [1.82, 2.24) is 14.9 Å². The molecule has 1 fully saturated rings. The minimum atomic E-state index is -3.86. The Bertz CT molecular complexity index is 1150. The Morgan fingerprint density at radius 1 is 1.45 bits per heavy atom. The van der Waals surface area contributed by atoms with E-state index in [0.29, 0.717) is 11.3 Å². The maximum Gasteiger partial charge on any atom is 0.328 e. The maximum absolute atomic E-state index is 13.9. The summed E-state index contributed by atoms with van der Waals surface area (Å²) in [5.41, 5.74) is 0.840. The van der Waals surface area contributed by atoms with Gasteiger partial charge in [0.25, 0.3) is 5.91 Å². The Labute approximate surface area is 179 Å². The number of aliphatic hydroxyl groups excluding tert-OH is 1. The van der Waals surface area contributed by atoms with E-state index >= 15 is 0 Å². The van der Waals surface area contributed by atoms with Crippen LogP contribution in [-0.2, 0) is 21.2 Å². The van der Waals surface area contributed by atoms with Gasteiger partial charge in [-0.15, -0.1) is 0 Å². The summed E-state index contributed by atoms with van der Waals surface area (Å²) in [6.45, 7) is 1.11. The molecule has 1 saturated carbocycles. The highest BCUT2D eigenvalue weighted by molar-refractivity contribution is 7.92. The molecule has 0 spiro atoms. The third-order valence-electron chi connectivity index (χ3n) is 5.78. The Hall–Kier alpha value is -2.86. The van der Waals surface area contributed by atoms with Gasteiger partial charge in [-0.25, -0.2) is 23.1 Å². The van der Waals surface area contributed by atoms with Crippen LogP contribution in [0.1, 0.15) is 31.0 Å². The summed E-state index contributed by atoms with van der Waals surface area (Å²) in [6, 6.07) is 1.27. The second-order valence-electron chi connectivity index (χ2n) is 7.93. The lowest BCUT2D eigenvalue weighted by atomic mass is 10.1. The highest BCUT2D eigenvalue weighted by Gasteiger charge is 2.54. The van der Waals surface area contributed by atoms with Crippen molar-refractivity contribution in [3.63, 3.8) is 0 Å². The van der Waals surface area contributed by atoms with Crippen LogP contribution in [0.5, 0.6) is 0 Å².